The SMILES string of the molecule is COc1ccc(CC(=O)n2nc(N)c(C(=S)Nc3ccccc3)c2N)cc1. The van der Waals surface area contributed by atoms with Crippen LogP contribution in [-0.4, -0.2) is 27.8 Å². The Morgan fingerprint density at radius 3 is 2.44 bits per heavy atom. The Balaban J connectivity index is 1.79. The number of carbonyl (C=O) groups excluding carboxylic acids is 1. The average Bonchev–Trinajstić information content (AvgIpc) is 2.97. The first-order chi connectivity index (χ1) is 13.0. The molecular formula is C19H19N5O2S. The maximum absolute atomic E-state index is 12.6. The van der Waals surface area contributed by atoms with Crippen LogP contribution in [-0.2, 0) is 6.42 Å². The lowest BCUT2D eigenvalue weighted by Gasteiger charge is -2.08. The van der Waals surface area contributed by atoms with Gasteiger partial charge < -0.3 is 21.5 Å². The Labute approximate surface area is 161 Å². The van der Waals surface area contributed by atoms with E-state index in [-0.39, 0.29) is 24.0 Å². The summed E-state index contributed by atoms with van der Waals surface area (Å²) >= 11 is 5.39. The van der Waals surface area contributed by atoms with E-state index < -0.39 is 0 Å². The molecule has 1 aromatic heterocycles. The third-order valence-electron chi connectivity index (χ3n) is 3.96. The van der Waals surface area contributed by atoms with Crippen LogP contribution in [0.15, 0.2) is 54.6 Å². The summed E-state index contributed by atoms with van der Waals surface area (Å²) in [6, 6.07) is 16.5. The maximum Gasteiger partial charge on any atom is 0.253 e. The number of aromatic nitrogens is 2. The van der Waals surface area contributed by atoms with Crippen LogP contribution >= 0.6 is 12.2 Å². The van der Waals surface area contributed by atoms with E-state index in [1.165, 1.54) is 0 Å². The van der Waals surface area contributed by atoms with Gasteiger partial charge in [0.15, 0.2) is 5.82 Å². The van der Waals surface area contributed by atoms with Crippen molar-refractivity contribution < 1.29 is 9.53 Å². The molecule has 138 valence electrons. The van der Waals surface area contributed by atoms with Crippen molar-refractivity contribution in [3.63, 3.8) is 0 Å². The molecule has 0 fully saturated rings. The molecule has 8 heteroatoms. The molecule has 3 aromatic rings. The smallest absolute Gasteiger partial charge is 0.253 e. The van der Waals surface area contributed by atoms with Crippen molar-refractivity contribution in [2.75, 3.05) is 23.9 Å². The van der Waals surface area contributed by atoms with Crippen LogP contribution in [0.25, 0.3) is 0 Å². The minimum absolute atomic E-state index is 0.101. The van der Waals surface area contributed by atoms with Gasteiger partial charge in [-0.15, -0.1) is 5.10 Å². The second kappa shape index (κ2) is 7.88. The number of anilines is 3. The van der Waals surface area contributed by atoms with Gasteiger partial charge in [0.25, 0.3) is 5.91 Å². The topological polar surface area (TPSA) is 108 Å². The molecule has 0 saturated heterocycles. The first-order valence-corrected chi connectivity index (χ1v) is 8.57. The van der Waals surface area contributed by atoms with Gasteiger partial charge in [-0.3, -0.25) is 4.79 Å². The van der Waals surface area contributed by atoms with E-state index in [0.717, 1.165) is 15.9 Å². The number of methoxy groups -OCH3 is 1. The Morgan fingerprint density at radius 1 is 1.15 bits per heavy atom. The third kappa shape index (κ3) is 4.06. The van der Waals surface area contributed by atoms with Gasteiger partial charge in [0, 0.05) is 5.69 Å². The number of nitrogens with zero attached hydrogens (tertiary/aromatic N) is 2. The second-order valence-corrected chi connectivity index (χ2v) is 6.20. The zero-order chi connectivity index (χ0) is 19.4. The number of nitrogens with two attached hydrogens (primary N) is 2. The monoisotopic (exact) mass is 381 g/mol. The predicted octanol–water partition coefficient (Wildman–Crippen LogP) is 2.73. The number of ether oxygens (including phenoxy) is 1. The van der Waals surface area contributed by atoms with Crippen molar-refractivity contribution in [2.45, 2.75) is 6.42 Å². The van der Waals surface area contributed by atoms with Gasteiger partial charge in [0.05, 0.1) is 19.1 Å². The highest BCUT2D eigenvalue weighted by Crippen LogP contribution is 2.22. The van der Waals surface area contributed by atoms with Crippen LogP contribution < -0.4 is 21.5 Å². The van der Waals surface area contributed by atoms with Crippen molar-refractivity contribution in [2.24, 2.45) is 0 Å². The lowest BCUT2D eigenvalue weighted by Crippen LogP contribution is -2.19. The van der Waals surface area contributed by atoms with Crippen LogP contribution in [0, 0.1) is 0 Å². The normalized spacial score (nSPS) is 10.4. The van der Waals surface area contributed by atoms with Crippen LogP contribution in [0.1, 0.15) is 15.9 Å². The summed E-state index contributed by atoms with van der Waals surface area (Å²) in [5.74, 6) is 0.621. The van der Waals surface area contributed by atoms with E-state index in [1.807, 2.05) is 42.5 Å². The molecule has 0 amide bonds. The predicted molar refractivity (Wildman–Crippen MR) is 110 cm³/mol. The van der Waals surface area contributed by atoms with Crippen molar-refractivity contribution in [1.82, 2.24) is 9.78 Å². The molecule has 0 aliphatic heterocycles. The number of thiocarbonyl (C=S) groups is 1. The van der Waals surface area contributed by atoms with Gasteiger partial charge in [-0.2, -0.15) is 4.68 Å². The van der Waals surface area contributed by atoms with E-state index >= 15 is 0 Å². The fraction of sp³-hybridized carbons (Fsp3) is 0.105. The molecule has 0 saturated carbocycles. The largest absolute Gasteiger partial charge is 0.497 e. The van der Waals surface area contributed by atoms with Gasteiger partial charge in [-0.1, -0.05) is 42.5 Å². The summed E-state index contributed by atoms with van der Waals surface area (Å²) in [5, 5.41) is 7.12. The lowest BCUT2D eigenvalue weighted by atomic mass is 10.1. The van der Waals surface area contributed by atoms with Gasteiger partial charge in [0.2, 0.25) is 0 Å². The molecule has 27 heavy (non-hydrogen) atoms. The highest BCUT2D eigenvalue weighted by molar-refractivity contribution is 7.81. The van der Waals surface area contributed by atoms with Crippen molar-refractivity contribution in [1.29, 1.82) is 0 Å². The molecule has 0 atom stereocenters. The summed E-state index contributed by atoms with van der Waals surface area (Å²) in [4.78, 5) is 12.9. The molecule has 0 aliphatic carbocycles. The average molecular weight is 381 g/mol. The molecule has 2 aromatic carbocycles. The molecule has 0 unspecified atom stereocenters. The molecule has 3 rings (SSSR count). The first-order valence-electron chi connectivity index (χ1n) is 8.16. The highest BCUT2D eigenvalue weighted by atomic mass is 32.1. The van der Waals surface area contributed by atoms with E-state index in [1.54, 1.807) is 19.2 Å². The van der Waals surface area contributed by atoms with Crippen LogP contribution in [0.4, 0.5) is 17.3 Å². The quantitative estimate of drug-likeness (QED) is 0.583. The number of hydrogen-bond acceptors (Lipinski definition) is 6. The van der Waals surface area contributed by atoms with E-state index in [4.69, 9.17) is 28.4 Å². The molecule has 1 heterocycles. The lowest BCUT2D eigenvalue weighted by molar-refractivity contribution is 0.0902. The molecule has 0 bridgehead atoms. The Bertz CT molecular complexity index is 968. The van der Waals surface area contributed by atoms with Crippen molar-refractivity contribution in [3.05, 3.63) is 65.7 Å². The van der Waals surface area contributed by atoms with Crippen molar-refractivity contribution in [3.8, 4) is 5.75 Å². The number of hydrogen-bond donors (Lipinski definition) is 3. The summed E-state index contributed by atoms with van der Waals surface area (Å²) in [6.07, 6.45) is 0.119. The Kier molecular flexibility index (Phi) is 5.37. The fourth-order valence-corrected chi connectivity index (χ4v) is 2.91. The number of rotatable bonds is 5. The van der Waals surface area contributed by atoms with E-state index in [9.17, 15) is 4.79 Å². The van der Waals surface area contributed by atoms with E-state index in [2.05, 4.69) is 10.4 Å². The standard InChI is InChI=1S/C19H19N5O2S/c1-26-14-9-7-12(8-10-14)11-15(25)24-18(21)16(17(20)23-24)19(27)22-13-5-3-2-4-6-13/h2-10H,11,21H2,1H3,(H2,20,23)(H,22,27). The van der Waals surface area contributed by atoms with Gasteiger partial charge in [0.1, 0.15) is 16.6 Å². The van der Waals surface area contributed by atoms with Crippen molar-refractivity contribution >= 4 is 40.4 Å². The highest BCUT2D eigenvalue weighted by Gasteiger charge is 2.21. The number of nitrogen functional groups attached to an aromatic ring is 2. The summed E-state index contributed by atoms with van der Waals surface area (Å²) in [6.45, 7) is 0. The number of carbonyl (C=O) groups is 1. The first kappa shape index (κ1) is 18.4. The summed E-state index contributed by atoms with van der Waals surface area (Å²) in [5.41, 5.74) is 14.0. The number of benzene rings is 2. The molecule has 7 nitrogen and oxygen atoms in total. The molecule has 0 spiro atoms. The zero-order valence-electron chi connectivity index (χ0n) is 14.7. The fourth-order valence-electron chi connectivity index (χ4n) is 2.58. The number of para-hydroxylation sites is 1. The third-order valence-corrected chi connectivity index (χ3v) is 4.26. The molecule has 0 radical (unpaired) electrons. The van der Waals surface area contributed by atoms with E-state index in [0.29, 0.717) is 16.3 Å². The maximum atomic E-state index is 12.6. The minimum atomic E-state index is -0.307. The molecule has 5 N–H and O–H groups in total. The zero-order valence-corrected chi connectivity index (χ0v) is 15.5. The van der Waals surface area contributed by atoms with Crippen LogP contribution in [0.2, 0.25) is 0 Å². The minimum Gasteiger partial charge on any atom is -0.497 e. The Hall–Kier alpha value is -3.39. The van der Waals surface area contributed by atoms with Crippen LogP contribution in [0.3, 0.4) is 0 Å². The summed E-state index contributed by atoms with van der Waals surface area (Å²) in [7, 11) is 1.58. The molecular weight excluding hydrogens is 362 g/mol. The summed E-state index contributed by atoms with van der Waals surface area (Å²) < 4.78 is 6.20. The van der Waals surface area contributed by atoms with Gasteiger partial charge in [-0.25, -0.2) is 0 Å². The Morgan fingerprint density at radius 2 is 1.81 bits per heavy atom. The molecule has 0 aliphatic rings. The second-order valence-electron chi connectivity index (χ2n) is 5.80. The van der Waals surface area contributed by atoms with Crippen LogP contribution in [0.5, 0.6) is 5.75 Å². The van der Waals surface area contributed by atoms with Gasteiger partial charge >= 0.3 is 0 Å². The number of nitrogens with one attached hydrogen (secondary N) is 1. The van der Waals surface area contributed by atoms with Gasteiger partial charge in [-0.05, 0) is 29.8 Å².